The van der Waals surface area contributed by atoms with Gasteiger partial charge in [0.2, 0.25) is 0 Å². The van der Waals surface area contributed by atoms with Crippen molar-refractivity contribution in [3.8, 4) is 0 Å². The molecule has 0 saturated heterocycles. The fourth-order valence-electron chi connectivity index (χ4n) is 0.598. The van der Waals surface area contributed by atoms with Crippen LogP contribution in [0.5, 0.6) is 0 Å². The molecule has 2 nitrogen and oxygen atoms in total. The molecule has 1 aromatic rings. The maximum atomic E-state index is 7.57. The molecule has 0 aromatic heterocycles. The molecule has 0 aliphatic carbocycles. The SMILES string of the molecule is [2H]c1c([2H])c([2H])c(CCNN)c([2H])c1[2H]. The molecule has 1 rings (SSSR count). The first-order valence-electron chi connectivity index (χ1n) is 5.50. The molecule has 1 aromatic carbocycles. The lowest BCUT2D eigenvalue weighted by atomic mass is 10.2. The first-order valence-corrected chi connectivity index (χ1v) is 3.00. The smallest absolute Gasteiger partial charge is 0.0626 e. The lowest BCUT2D eigenvalue weighted by Crippen LogP contribution is -2.24. The molecule has 10 heavy (non-hydrogen) atoms. The van der Waals surface area contributed by atoms with Crippen molar-refractivity contribution in [1.29, 1.82) is 0 Å². The van der Waals surface area contributed by atoms with E-state index < -0.39 is 0 Å². The second-order valence-electron chi connectivity index (χ2n) is 1.81. The highest BCUT2D eigenvalue weighted by molar-refractivity contribution is 5.14. The highest BCUT2D eigenvalue weighted by atomic mass is 15.2. The molecule has 0 aliphatic heterocycles. The predicted octanol–water partition coefficient (Wildman–Crippen LogP) is 0.692. The van der Waals surface area contributed by atoms with Gasteiger partial charge in [-0.2, -0.15) is 0 Å². The molecule has 0 bridgehead atoms. The second-order valence-corrected chi connectivity index (χ2v) is 1.81. The number of nitrogens with one attached hydrogen (secondary N) is 1. The Morgan fingerprint density at radius 3 is 2.70 bits per heavy atom. The monoisotopic (exact) mass is 141 g/mol. The van der Waals surface area contributed by atoms with Gasteiger partial charge in [-0.3, -0.25) is 11.3 Å². The molecule has 0 saturated carbocycles. The summed E-state index contributed by atoms with van der Waals surface area (Å²) in [7, 11) is 0. The number of hydrogen-bond donors (Lipinski definition) is 2. The van der Waals surface area contributed by atoms with Crippen LogP contribution in [0.3, 0.4) is 0 Å². The van der Waals surface area contributed by atoms with E-state index in [1.54, 1.807) is 0 Å². The van der Waals surface area contributed by atoms with E-state index in [0.29, 0.717) is 18.5 Å². The van der Waals surface area contributed by atoms with Gasteiger partial charge in [0, 0.05) is 6.54 Å². The van der Waals surface area contributed by atoms with Gasteiger partial charge in [-0.1, -0.05) is 30.2 Å². The summed E-state index contributed by atoms with van der Waals surface area (Å²) in [6, 6.07) is -1.28. The summed E-state index contributed by atoms with van der Waals surface area (Å²) in [4.78, 5) is 0. The van der Waals surface area contributed by atoms with Gasteiger partial charge in [0.25, 0.3) is 0 Å². The summed E-state index contributed by atoms with van der Waals surface area (Å²) in [5.41, 5.74) is 2.68. The molecule has 3 N–H and O–H groups in total. The average molecular weight is 141 g/mol. The first kappa shape index (κ1) is 3.03. The van der Waals surface area contributed by atoms with E-state index in [1.165, 1.54) is 0 Å². The van der Waals surface area contributed by atoms with Crippen LogP contribution in [0, 0.1) is 0 Å². The standard InChI is InChI=1S/C8H12N2/c9-10-7-6-8-4-2-1-3-5-8/h1-5,10H,6-7,9H2/i1D,2D,3D,4D,5D. The van der Waals surface area contributed by atoms with Crippen molar-refractivity contribution in [2.24, 2.45) is 5.84 Å². The maximum Gasteiger partial charge on any atom is 0.0626 e. The van der Waals surface area contributed by atoms with Crippen molar-refractivity contribution >= 4 is 0 Å². The highest BCUT2D eigenvalue weighted by Crippen LogP contribution is 1.97. The van der Waals surface area contributed by atoms with Crippen LogP contribution in [-0.4, -0.2) is 6.54 Å². The van der Waals surface area contributed by atoms with Gasteiger partial charge in [-0.05, 0) is 12.0 Å². The lowest BCUT2D eigenvalue weighted by Gasteiger charge is -1.97. The van der Waals surface area contributed by atoms with E-state index in [2.05, 4.69) is 5.43 Å². The van der Waals surface area contributed by atoms with Gasteiger partial charge < -0.3 is 0 Å². The molecular formula is C8H12N2. The fraction of sp³-hybridized carbons (Fsp3) is 0.250. The number of hydrogen-bond acceptors (Lipinski definition) is 2. The molecule has 0 amide bonds. The van der Waals surface area contributed by atoms with Crippen molar-refractivity contribution in [3.05, 3.63) is 35.8 Å². The summed E-state index contributed by atoms with van der Waals surface area (Å²) in [5, 5.41) is 0. The van der Waals surface area contributed by atoms with Gasteiger partial charge in [0.15, 0.2) is 0 Å². The van der Waals surface area contributed by atoms with Gasteiger partial charge in [0.1, 0.15) is 0 Å². The first-order chi connectivity index (χ1) is 7.00. The number of rotatable bonds is 3. The Kier molecular flexibility index (Phi) is 1.22. The van der Waals surface area contributed by atoms with E-state index in [1.807, 2.05) is 0 Å². The van der Waals surface area contributed by atoms with Crippen molar-refractivity contribution in [2.45, 2.75) is 6.42 Å². The topological polar surface area (TPSA) is 38.0 Å². The number of benzene rings is 1. The van der Waals surface area contributed by atoms with E-state index in [-0.39, 0.29) is 30.2 Å². The third kappa shape index (κ3) is 2.17. The molecule has 0 fully saturated rings. The predicted molar refractivity (Wildman–Crippen MR) is 42.3 cm³/mol. The fourth-order valence-corrected chi connectivity index (χ4v) is 0.598. The minimum absolute atomic E-state index is 0.156. The van der Waals surface area contributed by atoms with Crippen LogP contribution in [0.1, 0.15) is 12.4 Å². The minimum atomic E-state index is -0.366. The zero-order valence-electron chi connectivity index (χ0n) is 10.5. The Hall–Kier alpha value is -0.860. The number of hydrazine groups is 1. The Morgan fingerprint density at radius 1 is 1.40 bits per heavy atom. The third-order valence-corrected chi connectivity index (χ3v) is 1.07. The average Bonchev–Trinajstić information content (AvgIpc) is 2.24. The second kappa shape index (κ2) is 4.04. The van der Waals surface area contributed by atoms with E-state index in [4.69, 9.17) is 12.7 Å². The summed E-state index contributed by atoms with van der Waals surface area (Å²) < 4.78 is 37.3. The molecule has 0 radical (unpaired) electrons. The molecule has 2 heteroatoms. The zero-order valence-corrected chi connectivity index (χ0v) is 5.49. The van der Waals surface area contributed by atoms with Crippen LogP contribution in [0.4, 0.5) is 0 Å². The third-order valence-electron chi connectivity index (χ3n) is 1.07. The van der Waals surface area contributed by atoms with Gasteiger partial charge in [0.05, 0.1) is 6.85 Å². The van der Waals surface area contributed by atoms with Crippen molar-refractivity contribution in [3.63, 3.8) is 0 Å². The summed E-state index contributed by atoms with van der Waals surface area (Å²) in [6.07, 6.45) is 0.312. The van der Waals surface area contributed by atoms with Gasteiger partial charge in [-0.15, -0.1) is 0 Å². The zero-order chi connectivity index (χ0) is 11.6. The maximum absolute atomic E-state index is 7.57. The molecule has 0 aliphatic rings. The van der Waals surface area contributed by atoms with E-state index in [9.17, 15) is 0 Å². The summed E-state index contributed by atoms with van der Waals surface area (Å²) in [6.45, 7) is 0.369. The van der Waals surface area contributed by atoms with Crippen LogP contribution in [0.25, 0.3) is 0 Å². The van der Waals surface area contributed by atoms with E-state index in [0.717, 1.165) is 0 Å². The van der Waals surface area contributed by atoms with Crippen LogP contribution < -0.4 is 11.3 Å². The molecule has 0 spiro atoms. The molecule has 54 valence electrons. The summed E-state index contributed by atoms with van der Waals surface area (Å²) in [5.74, 6) is 5.08. The highest BCUT2D eigenvalue weighted by Gasteiger charge is 1.86. The van der Waals surface area contributed by atoms with E-state index >= 15 is 0 Å². The van der Waals surface area contributed by atoms with Crippen molar-refractivity contribution < 1.29 is 6.85 Å². The Bertz CT molecular complexity index is 351. The molecular weight excluding hydrogens is 124 g/mol. The molecule has 0 heterocycles. The molecule has 0 unspecified atom stereocenters. The van der Waals surface area contributed by atoms with Crippen LogP contribution in [0.15, 0.2) is 30.2 Å². The van der Waals surface area contributed by atoms with Crippen LogP contribution in [0.2, 0.25) is 0 Å². The largest absolute Gasteiger partial charge is 0.271 e. The quantitative estimate of drug-likeness (QED) is 0.480. The van der Waals surface area contributed by atoms with Crippen molar-refractivity contribution in [2.75, 3.05) is 6.54 Å². The Labute approximate surface area is 68.0 Å². The van der Waals surface area contributed by atoms with Crippen molar-refractivity contribution in [1.82, 2.24) is 5.43 Å². The van der Waals surface area contributed by atoms with Gasteiger partial charge in [-0.25, -0.2) is 0 Å². The van der Waals surface area contributed by atoms with Gasteiger partial charge >= 0.3 is 0 Å². The lowest BCUT2D eigenvalue weighted by molar-refractivity contribution is 0.728. The summed E-state index contributed by atoms with van der Waals surface area (Å²) >= 11 is 0. The van der Waals surface area contributed by atoms with Crippen LogP contribution in [-0.2, 0) is 6.42 Å². The Balaban J connectivity index is 3.26. The molecule has 0 atom stereocenters. The normalized spacial score (nSPS) is 16.7. The Morgan fingerprint density at radius 2 is 2.10 bits per heavy atom. The number of nitrogens with two attached hydrogens (primary N) is 1. The minimum Gasteiger partial charge on any atom is -0.271 e. The van der Waals surface area contributed by atoms with Crippen LogP contribution >= 0.6 is 0 Å².